The van der Waals surface area contributed by atoms with Crippen LogP contribution in [0.25, 0.3) is 0 Å². The monoisotopic (exact) mass is 471 g/mol. The van der Waals surface area contributed by atoms with Gasteiger partial charge in [-0.1, -0.05) is 114 Å². The Kier molecular flexibility index (Phi) is 11.5. The number of anilines is 2. The van der Waals surface area contributed by atoms with Crippen LogP contribution in [0.15, 0.2) is 46.2 Å². The summed E-state index contributed by atoms with van der Waals surface area (Å²) in [6.07, 6.45) is 30.7. The van der Waals surface area contributed by atoms with E-state index in [-0.39, 0.29) is 0 Å². The summed E-state index contributed by atoms with van der Waals surface area (Å²) in [6.45, 7) is 3.32. The van der Waals surface area contributed by atoms with Crippen molar-refractivity contribution in [2.24, 2.45) is 0 Å². The summed E-state index contributed by atoms with van der Waals surface area (Å²) in [6, 6.07) is 12.7. The average Bonchev–Trinajstić information content (AvgIpc) is 2.87. The maximum Gasteiger partial charge on any atom is 0.0553 e. The van der Waals surface area contributed by atoms with Crippen LogP contribution in [-0.2, 0) is 0 Å². The molecule has 0 bridgehead atoms. The van der Waals surface area contributed by atoms with Gasteiger partial charge in [-0.2, -0.15) is 0 Å². The van der Waals surface area contributed by atoms with Gasteiger partial charge >= 0.3 is 0 Å². The third-order valence-corrected chi connectivity index (χ3v) is 7.88. The number of hydrogen-bond donors (Lipinski definition) is 0. The molecule has 2 aromatic rings. The topological polar surface area (TPSA) is 3.24 Å². The highest BCUT2D eigenvalue weighted by molar-refractivity contribution is 7.99. The van der Waals surface area contributed by atoms with E-state index in [1.807, 2.05) is 0 Å². The van der Waals surface area contributed by atoms with Gasteiger partial charge in [-0.3, -0.25) is 0 Å². The molecule has 0 unspecified atom stereocenters. The van der Waals surface area contributed by atoms with Gasteiger partial charge in [0.1, 0.15) is 0 Å². The number of nitrogens with zero attached hydrogens (tertiary/aromatic N) is 1. The van der Waals surface area contributed by atoms with Crippen molar-refractivity contribution in [3.8, 4) is 24.7 Å². The predicted molar refractivity (Wildman–Crippen MR) is 150 cm³/mol. The number of rotatable bonds is 15. The molecule has 3 rings (SSSR count). The van der Waals surface area contributed by atoms with Crippen molar-refractivity contribution in [3.05, 3.63) is 47.5 Å². The van der Waals surface area contributed by atoms with Crippen molar-refractivity contribution >= 4 is 23.1 Å². The average molecular weight is 472 g/mol. The summed E-state index contributed by atoms with van der Waals surface area (Å²) in [4.78, 5) is 4.91. The largest absolute Gasteiger partial charge is 0.340 e. The van der Waals surface area contributed by atoms with Crippen LogP contribution in [0.2, 0.25) is 0 Å². The maximum absolute atomic E-state index is 5.65. The van der Waals surface area contributed by atoms with E-state index in [1.165, 1.54) is 111 Å². The first-order valence-corrected chi connectivity index (χ1v) is 14.2. The van der Waals surface area contributed by atoms with Crippen LogP contribution in [0.5, 0.6) is 0 Å². The quantitative estimate of drug-likeness (QED) is 0.188. The van der Waals surface area contributed by atoms with Gasteiger partial charge < -0.3 is 4.90 Å². The molecular weight excluding hydrogens is 430 g/mol. The molecule has 180 valence electrons. The van der Waals surface area contributed by atoms with E-state index in [4.69, 9.17) is 12.8 Å². The van der Waals surface area contributed by atoms with E-state index < -0.39 is 0 Å². The predicted octanol–water partition coefficient (Wildman–Crippen LogP) is 9.73. The molecule has 0 aromatic heterocycles. The first kappa shape index (κ1) is 26.3. The molecule has 0 N–H and O–H groups in total. The van der Waals surface area contributed by atoms with Crippen molar-refractivity contribution in [2.75, 3.05) is 11.4 Å². The van der Waals surface area contributed by atoms with E-state index in [9.17, 15) is 0 Å². The molecule has 0 aliphatic carbocycles. The van der Waals surface area contributed by atoms with Gasteiger partial charge in [-0.05, 0) is 42.8 Å². The Morgan fingerprint density at radius 3 is 1.44 bits per heavy atom. The Labute approximate surface area is 213 Å². The molecule has 2 heteroatoms. The molecule has 0 atom stereocenters. The molecule has 0 saturated carbocycles. The summed E-state index contributed by atoms with van der Waals surface area (Å²) in [5.74, 6) is 5.54. The molecule has 0 spiro atoms. The first-order valence-electron chi connectivity index (χ1n) is 13.4. The normalized spacial score (nSPS) is 12.0. The minimum atomic E-state index is 0.930. The zero-order valence-corrected chi connectivity index (χ0v) is 21.9. The lowest BCUT2D eigenvalue weighted by molar-refractivity contribution is 0.536. The molecule has 2 aromatic carbocycles. The number of unbranched alkanes of at least 4 members (excludes halogenated alkanes) is 13. The summed E-state index contributed by atoms with van der Waals surface area (Å²) >= 11 is 1.78. The highest BCUT2D eigenvalue weighted by Gasteiger charge is 2.23. The molecule has 1 aliphatic rings. The van der Waals surface area contributed by atoms with Crippen LogP contribution < -0.4 is 4.90 Å². The van der Waals surface area contributed by atoms with E-state index >= 15 is 0 Å². The molecule has 0 radical (unpaired) electrons. The Morgan fingerprint density at radius 1 is 0.618 bits per heavy atom. The Hall–Kier alpha value is -2.29. The second kappa shape index (κ2) is 14.9. The third kappa shape index (κ3) is 7.89. The molecule has 1 aliphatic heterocycles. The molecule has 34 heavy (non-hydrogen) atoms. The van der Waals surface area contributed by atoms with Gasteiger partial charge in [0, 0.05) is 27.5 Å². The fraction of sp³-hybridized carbons (Fsp3) is 0.500. The lowest BCUT2D eigenvalue weighted by Crippen LogP contribution is -2.22. The zero-order valence-electron chi connectivity index (χ0n) is 21.1. The lowest BCUT2D eigenvalue weighted by Gasteiger charge is -2.33. The third-order valence-electron chi connectivity index (χ3n) is 6.79. The fourth-order valence-electron chi connectivity index (χ4n) is 4.77. The molecule has 1 nitrogen and oxygen atoms in total. The van der Waals surface area contributed by atoms with Crippen LogP contribution in [-0.4, -0.2) is 6.54 Å². The van der Waals surface area contributed by atoms with Gasteiger partial charge in [-0.15, -0.1) is 12.8 Å². The SMILES string of the molecule is C#Cc1ccc2c(c1)Sc1cc(C#C)ccc1N2CCCCCCCCCCCCCCCC. The van der Waals surface area contributed by atoms with Crippen LogP contribution in [0, 0.1) is 24.7 Å². The van der Waals surface area contributed by atoms with Gasteiger partial charge in [0.15, 0.2) is 0 Å². The Morgan fingerprint density at radius 2 is 1.03 bits per heavy atom. The summed E-state index contributed by atoms with van der Waals surface area (Å²) < 4.78 is 0. The standard InChI is InChI=1S/C32H41NS/c1-4-7-8-9-10-11-12-13-14-15-16-17-18-19-24-33-29-22-20-27(5-2)25-31(29)34-32-26-28(6-3)21-23-30(32)33/h2-3,20-23,25-26H,4,7-19,24H2,1H3. The van der Waals surface area contributed by atoms with Crippen molar-refractivity contribution in [2.45, 2.75) is 107 Å². The van der Waals surface area contributed by atoms with Crippen LogP contribution >= 0.6 is 11.8 Å². The van der Waals surface area contributed by atoms with E-state index in [2.05, 4.69) is 60.1 Å². The van der Waals surface area contributed by atoms with Crippen molar-refractivity contribution in [1.29, 1.82) is 0 Å². The smallest absolute Gasteiger partial charge is 0.0553 e. The highest BCUT2D eigenvalue weighted by atomic mass is 32.2. The van der Waals surface area contributed by atoms with Crippen molar-refractivity contribution < 1.29 is 0 Å². The van der Waals surface area contributed by atoms with E-state index in [0.29, 0.717) is 0 Å². The fourth-order valence-corrected chi connectivity index (χ4v) is 5.95. The van der Waals surface area contributed by atoms with Crippen molar-refractivity contribution in [1.82, 2.24) is 0 Å². The molecule has 1 heterocycles. The lowest BCUT2D eigenvalue weighted by atomic mass is 10.0. The second-order valence-corrected chi connectivity index (χ2v) is 10.6. The summed E-state index contributed by atoms with van der Waals surface area (Å²) in [5, 5.41) is 0. The molecule has 0 amide bonds. The van der Waals surface area contributed by atoms with Gasteiger partial charge in [-0.25, -0.2) is 0 Å². The van der Waals surface area contributed by atoms with Gasteiger partial charge in [0.05, 0.1) is 11.4 Å². The Balaban J connectivity index is 1.40. The Bertz CT molecular complexity index is 914. The van der Waals surface area contributed by atoms with Gasteiger partial charge in [0.2, 0.25) is 0 Å². The van der Waals surface area contributed by atoms with Gasteiger partial charge in [0.25, 0.3) is 0 Å². The highest BCUT2D eigenvalue weighted by Crippen LogP contribution is 2.48. The summed E-state index contributed by atoms with van der Waals surface area (Å²) in [5.41, 5.74) is 4.39. The second-order valence-electron chi connectivity index (χ2n) is 9.50. The summed E-state index contributed by atoms with van der Waals surface area (Å²) in [7, 11) is 0. The molecule has 0 saturated heterocycles. The minimum Gasteiger partial charge on any atom is -0.340 e. The molecular formula is C32H41NS. The van der Waals surface area contributed by atoms with Crippen LogP contribution in [0.1, 0.15) is 108 Å². The van der Waals surface area contributed by atoms with E-state index in [0.717, 1.165) is 17.7 Å². The van der Waals surface area contributed by atoms with Crippen LogP contribution in [0.4, 0.5) is 11.4 Å². The minimum absolute atomic E-state index is 0.930. The molecule has 0 fully saturated rings. The number of benzene rings is 2. The van der Waals surface area contributed by atoms with Crippen LogP contribution in [0.3, 0.4) is 0 Å². The number of hydrogen-bond acceptors (Lipinski definition) is 2. The first-order chi connectivity index (χ1) is 16.8. The zero-order chi connectivity index (χ0) is 24.0. The van der Waals surface area contributed by atoms with Crippen molar-refractivity contribution in [3.63, 3.8) is 0 Å². The van der Waals surface area contributed by atoms with E-state index in [1.54, 1.807) is 11.8 Å². The number of fused-ring (bicyclic) bond motifs is 2. The maximum atomic E-state index is 5.65. The number of terminal acetylenes is 2.